The first-order chi connectivity index (χ1) is 15.5. The molecule has 3 aromatic rings. The van der Waals surface area contributed by atoms with Crippen LogP contribution in [0.25, 0.3) is 10.8 Å². The van der Waals surface area contributed by atoms with E-state index in [4.69, 9.17) is 27.9 Å². The van der Waals surface area contributed by atoms with Gasteiger partial charge < -0.3 is 14.4 Å². The Labute approximate surface area is 199 Å². The average Bonchev–Trinajstić information content (AvgIpc) is 3.54. The molecule has 0 atom stereocenters. The zero-order valence-electron chi connectivity index (χ0n) is 18.3. The minimum absolute atomic E-state index is 0.310. The molecule has 1 N–H and O–H groups in total. The normalized spacial score (nSPS) is 17.8. The number of aromatic hydroxyl groups is 1. The van der Waals surface area contributed by atoms with Gasteiger partial charge in [0.15, 0.2) is 0 Å². The third-order valence-electron chi connectivity index (χ3n) is 6.84. The minimum atomic E-state index is 0.310. The molecular formula is C26H30Cl2N2O2. The van der Waals surface area contributed by atoms with Crippen LogP contribution < -0.4 is 4.74 Å². The monoisotopic (exact) mass is 472 g/mol. The lowest BCUT2D eigenvalue weighted by Gasteiger charge is -2.32. The van der Waals surface area contributed by atoms with Gasteiger partial charge in [0, 0.05) is 29.7 Å². The Morgan fingerprint density at radius 3 is 2.44 bits per heavy atom. The highest BCUT2D eigenvalue weighted by Gasteiger charge is 2.24. The van der Waals surface area contributed by atoms with Gasteiger partial charge in [-0.2, -0.15) is 0 Å². The second-order valence-corrected chi connectivity index (χ2v) is 10.2. The van der Waals surface area contributed by atoms with Crippen molar-refractivity contribution in [3.63, 3.8) is 0 Å². The summed E-state index contributed by atoms with van der Waals surface area (Å²) in [5.74, 6) is 2.61. The molecule has 2 aromatic carbocycles. The first kappa shape index (κ1) is 21.9. The smallest absolute Gasteiger partial charge is 0.200 e. The van der Waals surface area contributed by atoms with Gasteiger partial charge >= 0.3 is 0 Å². The molecule has 0 amide bonds. The van der Waals surface area contributed by atoms with Crippen LogP contribution in [-0.4, -0.2) is 34.3 Å². The highest BCUT2D eigenvalue weighted by molar-refractivity contribution is 6.36. The minimum Gasteiger partial charge on any atom is -0.494 e. The first-order valence-electron chi connectivity index (χ1n) is 11.7. The lowest BCUT2D eigenvalue weighted by Crippen LogP contribution is -2.33. The Bertz CT molecular complexity index is 1070. The van der Waals surface area contributed by atoms with Crippen LogP contribution >= 0.6 is 23.2 Å². The average molecular weight is 473 g/mol. The van der Waals surface area contributed by atoms with Gasteiger partial charge in [-0.15, -0.1) is 0 Å². The zero-order valence-corrected chi connectivity index (χ0v) is 19.8. The van der Waals surface area contributed by atoms with E-state index in [0.29, 0.717) is 22.7 Å². The molecule has 1 aliphatic heterocycles. The summed E-state index contributed by atoms with van der Waals surface area (Å²) in [5, 5.41) is 13.8. The van der Waals surface area contributed by atoms with Crippen molar-refractivity contribution in [1.82, 2.24) is 9.47 Å². The maximum atomic E-state index is 10.6. The van der Waals surface area contributed by atoms with E-state index in [1.165, 1.54) is 31.2 Å². The maximum Gasteiger partial charge on any atom is 0.200 e. The molecule has 170 valence electrons. The molecule has 0 unspecified atom stereocenters. The Hall–Kier alpha value is -1.88. The van der Waals surface area contributed by atoms with Crippen LogP contribution in [0.2, 0.25) is 10.0 Å². The Kier molecular flexibility index (Phi) is 6.54. The van der Waals surface area contributed by atoms with Crippen LogP contribution in [0.1, 0.15) is 37.7 Å². The number of halogens is 2. The molecule has 1 saturated carbocycles. The van der Waals surface area contributed by atoms with Crippen molar-refractivity contribution in [3.05, 3.63) is 58.2 Å². The molecule has 5 rings (SSSR count). The number of fused-ring (bicyclic) bond motifs is 1. The van der Waals surface area contributed by atoms with Crippen LogP contribution in [0, 0.1) is 11.8 Å². The highest BCUT2D eigenvalue weighted by atomic mass is 35.5. The fourth-order valence-corrected chi connectivity index (χ4v) is 5.23. The maximum absolute atomic E-state index is 10.6. The van der Waals surface area contributed by atoms with Crippen molar-refractivity contribution in [1.29, 1.82) is 0 Å². The fraction of sp³-hybridized carbons (Fsp3) is 0.462. The van der Waals surface area contributed by atoms with E-state index in [0.717, 1.165) is 60.8 Å². The molecule has 32 heavy (non-hydrogen) atoms. The summed E-state index contributed by atoms with van der Waals surface area (Å²) in [6, 6.07) is 11.8. The number of rotatable bonds is 8. The molecule has 1 aromatic heterocycles. The van der Waals surface area contributed by atoms with Gasteiger partial charge in [-0.3, -0.25) is 4.90 Å². The summed E-state index contributed by atoms with van der Waals surface area (Å²) in [6.45, 7) is 4.73. The van der Waals surface area contributed by atoms with Crippen LogP contribution in [0.3, 0.4) is 0 Å². The Balaban J connectivity index is 1.13. The standard InChI is InChI=1S/C26H30Cl2N2O2/c27-22-3-5-23(6-4-22)32-12-9-18-7-10-29(11-8-18)15-20-13-21-17-30(16-19-1-2-19)26(31)25(21)24(28)14-20/h3-6,13-14,17-19,31H,1-2,7-12,15-16H2. The van der Waals surface area contributed by atoms with E-state index in [1.807, 2.05) is 34.9 Å². The third kappa shape index (κ3) is 5.19. The third-order valence-corrected chi connectivity index (χ3v) is 7.39. The van der Waals surface area contributed by atoms with E-state index >= 15 is 0 Å². The van der Waals surface area contributed by atoms with E-state index in [-0.39, 0.29) is 0 Å². The molecular weight excluding hydrogens is 443 g/mol. The largest absolute Gasteiger partial charge is 0.494 e. The number of likely N-dealkylation sites (tertiary alicyclic amines) is 1. The summed E-state index contributed by atoms with van der Waals surface area (Å²) in [4.78, 5) is 2.51. The molecule has 2 aliphatic rings. The van der Waals surface area contributed by atoms with Gasteiger partial charge in [0.1, 0.15) is 5.75 Å². The molecule has 1 saturated heterocycles. The summed E-state index contributed by atoms with van der Waals surface area (Å²) in [7, 11) is 0. The van der Waals surface area contributed by atoms with Crippen molar-refractivity contribution >= 4 is 34.0 Å². The molecule has 0 radical (unpaired) electrons. The zero-order chi connectivity index (χ0) is 22.1. The van der Waals surface area contributed by atoms with Gasteiger partial charge in [0.25, 0.3) is 0 Å². The van der Waals surface area contributed by atoms with E-state index in [1.54, 1.807) is 0 Å². The fourth-order valence-electron chi connectivity index (χ4n) is 4.77. The van der Waals surface area contributed by atoms with Crippen molar-refractivity contribution in [2.75, 3.05) is 19.7 Å². The molecule has 6 heteroatoms. The Morgan fingerprint density at radius 1 is 0.969 bits per heavy atom. The van der Waals surface area contributed by atoms with E-state index in [2.05, 4.69) is 17.2 Å². The number of aromatic nitrogens is 1. The number of hydrogen-bond acceptors (Lipinski definition) is 3. The van der Waals surface area contributed by atoms with Crippen molar-refractivity contribution < 1.29 is 9.84 Å². The predicted octanol–water partition coefficient (Wildman–Crippen LogP) is 6.74. The number of piperidine rings is 1. The second kappa shape index (κ2) is 9.54. The van der Waals surface area contributed by atoms with Gasteiger partial charge in [0.2, 0.25) is 5.88 Å². The summed E-state index contributed by atoms with van der Waals surface area (Å²) >= 11 is 12.5. The van der Waals surface area contributed by atoms with Crippen LogP contribution in [-0.2, 0) is 13.1 Å². The number of benzene rings is 2. The first-order valence-corrected chi connectivity index (χ1v) is 12.4. The number of hydrogen-bond donors (Lipinski definition) is 1. The molecule has 4 nitrogen and oxygen atoms in total. The molecule has 1 aliphatic carbocycles. The summed E-state index contributed by atoms with van der Waals surface area (Å²) < 4.78 is 7.84. The highest BCUT2D eigenvalue weighted by Crippen LogP contribution is 2.38. The van der Waals surface area contributed by atoms with E-state index in [9.17, 15) is 5.11 Å². The number of ether oxygens (including phenoxy) is 1. The molecule has 0 bridgehead atoms. The molecule has 2 heterocycles. The molecule has 0 spiro atoms. The molecule has 2 fully saturated rings. The lowest BCUT2D eigenvalue weighted by molar-refractivity contribution is 0.157. The van der Waals surface area contributed by atoms with Gasteiger partial charge in [-0.05, 0) is 99.0 Å². The summed E-state index contributed by atoms with van der Waals surface area (Å²) in [5.41, 5.74) is 1.22. The van der Waals surface area contributed by atoms with E-state index < -0.39 is 0 Å². The van der Waals surface area contributed by atoms with Crippen molar-refractivity contribution in [2.45, 2.75) is 45.2 Å². The van der Waals surface area contributed by atoms with Crippen molar-refractivity contribution in [3.8, 4) is 11.6 Å². The topological polar surface area (TPSA) is 37.6 Å². The van der Waals surface area contributed by atoms with Crippen LogP contribution in [0.5, 0.6) is 11.6 Å². The Morgan fingerprint density at radius 2 is 1.72 bits per heavy atom. The predicted molar refractivity (Wildman–Crippen MR) is 131 cm³/mol. The van der Waals surface area contributed by atoms with Gasteiger partial charge in [-0.25, -0.2) is 0 Å². The SMILES string of the molecule is Oc1c2c(Cl)cc(CN3CCC(CCOc4ccc(Cl)cc4)CC3)cc2cn1CC1CC1. The van der Waals surface area contributed by atoms with Crippen molar-refractivity contribution in [2.24, 2.45) is 11.8 Å². The van der Waals surface area contributed by atoms with Crippen LogP contribution in [0.15, 0.2) is 42.6 Å². The summed E-state index contributed by atoms with van der Waals surface area (Å²) in [6.07, 6.45) is 8.05. The van der Waals surface area contributed by atoms with Gasteiger partial charge in [-0.1, -0.05) is 23.2 Å². The lowest BCUT2D eigenvalue weighted by atomic mass is 9.93. The van der Waals surface area contributed by atoms with Gasteiger partial charge in [0.05, 0.1) is 17.0 Å². The number of nitrogens with zero attached hydrogens (tertiary/aromatic N) is 2. The van der Waals surface area contributed by atoms with Crippen LogP contribution in [0.4, 0.5) is 0 Å². The second-order valence-electron chi connectivity index (χ2n) is 9.40. The quantitative estimate of drug-likeness (QED) is 0.394.